The number of hydrogen-bond acceptors (Lipinski definition) is 2. The number of guanidine groups is 1. The summed E-state index contributed by atoms with van der Waals surface area (Å²) >= 11 is 0. The van der Waals surface area contributed by atoms with Crippen LogP contribution in [0.5, 0.6) is 0 Å². The van der Waals surface area contributed by atoms with Gasteiger partial charge in [0.15, 0.2) is 5.96 Å². The van der Waals surface area contributed by atoms with Gasteiger partial charge in [-0.3, -0.25) is 9.89 Å². The Morgan fingerprint density at radius 3 is 2.63 bits per heavy atom. The Morgan fingerprint density at radius 1 is 1.32 bits per heavy atom. The van der Waals surface area contributed by atoms with Crippen molar-refractivity contribution in [1.82, 2.24) is 10.2 Å². The Hall–Kier alpha value is -0.770. The van der Waals surface area contributed by atoms with Crippen LogP contribution in [0.4, 0.5) is 0 Å². The van der Waals surface area contributed by atoms with E-state index in [-0.39, 0.29) is 0 Å². The molecular weight excluding hydrogens is 236 g/mol. The van der Waals surface area contributed by atoms with Crippen molar-refractivity contribution in [3.63, 3.8) is 0 Å². The summed E-state index contributed by atoms with van der Waals surface area (Å²) in [6.45, 7) is 9.58. The summed E-state index contributed by atoms with van der Waals surface area (Å²) in [6, 6.07) is 1.44. The van der Waals surface area contributed by atoms with E-state index in [1.54, 1.807) is 0 Å². The van der Waals surface area contributed by atoms with Crippen molar-refractivity contribution in [2.45, 2.75) is 71.4 Å². The van der Waals surface area contributed by atoms with Crippen LogP contribution in [-0.4, -0.2) is 42.6 Å². The monoisotopic (exact) mass is 268 g/mol. The minimum absolute atomic E-state index is 0.607. The molecule has 1 fully saturated rings. The van der Waals surface area contributed by atoms with E-state index in [9.17, 15) is 0 Å². The normalized spacial score (nSPS) is 16.4. The Bertz CT molecular complexity index is 257. The van der Waals surface area contributed by atoms with Gasteiger partial charge in [-0.2, -0.15) is 0 Å². The lowest BCUT2D eigenvalue weighted by Crippen LogP contribution is -2.42. The average molecular weight is 268 g/mol. The molecule has 4 nitrogen and oxygen atoms in total. The zero-order valence-corrected chi connectivity index (χ0v) is 13.0. The lowest BCUT2D eigenvalue weighted by atomic mass is 10.2. The Kier molecular flexibility index (Phi) is 7.87. The first-order chi connectivity index (χ1) is 9.15. The number of nitrogens with zero attached hydrogens (tertiary/aromatic N) is 2. The minimum atomic E-state index is 0.607. The number of nitrogens with two attached hydrogens (primary N) is 1. The van der Waals surface area contributed by atoms with E-state index < -0.39 is 0 Å². The number of rotatable bonds is 10. The van der Waals surface area contributed by atoms with Gasteiger partial charge in [0.2, 0.25) is 0 Å². The van der Waals surface area contributed by atoms with Crippen LogP contribution in [0.15, 0.2) is 4.99 Å². The van der Waals surface area contributed by atoms with Gasteiger partial charge >= 0.3 is 0 Å². The summed E-state index contributed by atoms with van der Waals surface area (Å²) in [5.41, 5.74) is 5.86. The molecule has 0 spiro atoms. The predicted molar refractivity (Wildman–Crippen MR) is 83.5 cm³/mol. The fraction of sp³-hybridized carbons (Fsp3) is 0.933. The van der Waals surface area contributed by atoms with Gasteiger partial charge in [-0.15, -0.1) is 0 Å². The standard InChI is InChI=1S/C15H32N4/c1-4-5-6-7-10-17-15(16)18-11-12-19(13(2)3)14-8-9-14/h13-14H,4-12H2,1-3H3,(H3,16,17,18). The molecule has 0 amide bonds. The van der Waals surface area contributed by atoms with E-state index in [2.05, 4.69) is 36.0 Å². The highest BCUT2D eigenvalue weighted by molar-refractivity contribution is 5.77. The van der Waals surface area contributed by atoms with Crippen molar-refractivity contribution in [1.29, 1.82) is 0 Å². The minimum Gasteiger partial charge on any atom is -0.370 e. The van der Waals surface area contributed by atoms with E-state index in [4.69, 9.17) is 5.73 Å². The maximum Gasteiger partial charge on any atom is 0.188 e. The predicted octanol–water partition coefficient (Wildman–Crippen LogP) is 2.34. The first-order valence-electron chi connectivity index (χ1n) is 7.94. The summed E-state index contributed by atoms with van der Waals surface area (Å²) in [5, 5.41) is 3.23. The number of nitrogens with one attached hydrogen (secondary N) is 1. The third-order valence-corrected chi connectivity index (χ3v) is 3.65. The first kappa shape index (κ1) is 16.3. The fourth-order valence-electron chi connectivity index (χ4n) is 2.38. The molecule has 0 bridgehead atoms. The molecule has 4 heteroatoms. The summed E-state index contributed by atoms with van der Waals surface area (Å²) in [4.78, 5) is 6.92. The van der Waals surface area contributed by atoms with E-state index in [0.717, 1.165) is 32.1 Å². The molecule has 112 valence electrons. The van der Waals surface area contributed by atoms with Gasteiger partial charge in [-0.1, -0.05) is 26.2 Å². The molecule has 1 saturated carbocycles. The summed E-state index contributed by atoms with van der Waals surface area (Å²) in [5.74, 6) is 0.607. The lowest BCUT2D eigenvalue weighted by molar-refractivity contribution is 0.215. The van der Waals surface area contributed by atoms with Crippen LogP contribution in [-0.2, 0) is 0 Å². The molecule has 1 aliphatic rings. The van der Waals surface area contributed by atoms with Gasteiger partial charge in [-0.25, -0.2) is 0 Å². The van der Waals surface area contributed by atoms with Crippen LogP contribution in [0.2, 0.25) is 0 Å². The quantitative estimate of drug-likeness (QED) is 0.363. The molecule has 19 heavy (non-hydrogen) atoms. The van der Waals surface area contributed by atoms with Gasteiger partial charge < -0.3 is 11.1 Å². The Morgan fingerprint density at radius 2 is 2.05 bits per heavy atom. The first-order valence-corrected chi connectivity index (χ1v) is 7.94. The van der Waals surface area contributed by atoms with Crippen molar-refractivity contribution >= 4 is 5.96 Å². The van der Waals surface area contributed by atoms with Crippen LogP contribution in [0.25, 0.3) is 0 Å². The molecule has 0 aliphatic heterocycles. The van der Waals surface area contributed by atoms with Crippen LogP contribution in [0.3, 0.4) is 0 Å². The topological polar surface area (TPSA) is 53.6 Å². The van der Waals surface area contributed by atoms with Gasteiger partial charge in [0, 0.05) is 31.7 Å². The number of aliphatic imine (C=N–C) groups is 1. The molecule has 0 radical (unpaired) electrons. The zero-order chi connectivity index (χ0) is 14.1. The molecule has 0 saturated heterocycles. The number of hydrogen-bond donors (Lipinski definition) is 2. The van der Waals surface area contributed by atoms with E-state index in [1.807, 2.05) is 0 Å². The van der Waals surface area contributed by atoms with Gasteiger partial charge in [-0.05, 0) is 33.1 Å². The third kappa shape index (κ3) is 7.41. The van der Waals surface area contributed by atoms with Crippen molar-refractivity contribution in [3.8, 4) is 0 Å². The number of unbranched alkanes of at least 4 members (excludes halogenated alkanes) is 3. The largest absolute Gasteiger partial charge is 0.370 e. The van der Waals surface area contributed by atoms with Gasteiger partial charge in [0.25, 0.3) is 0 Å². The maximum absolute atomic E-state index is 5.86. The molecule has 0 aromatic carbocycles. The van der Waals surface area contributed by atoms with E-state index in [0.29, 0.717) is 12.0 Å². The fourth-order valence-corrected chi connectivity index (χ4v) is 2.38. The molecule has 0 aromatic heterocycles. The second kappa shape index (κ2) is 9.18. The molecule has 0 aromatic rings. The molecule has 0 atom stereocenters. The molecule has 1 aliphatic carbocycles. The molecule has 1 rings (SSSR count). The van der Waals surface area contributed by atoms with Crippen molar-refractivity contribution in [2.75, 3.05) is 19.6 Å². The van der Waals surface area contributed by atoms with Crippen LogP contribution in [0.1, 0.15) is 59.3 Å². The van der Waals surface area contributed by atoms with E-state index in [1.165, 1.54) is 32.1 Å². The third-order valence-electron chi connectivity index (χ3n) is 3.65. The van der Waals surface area contributed by atoms with Crippen LogP contribution < -0.4 is 11.1 Å². The van der Waals surface area contributed by atoms with Crippen molar-refractivity contribution in [2.24, 2.45) is 10.7 Å². The zero-order valence-electron chi connectivity index (χ0n) is 13.0. The highest BCUT2D eigenvalue weighted by Gasteiger charge is 2.29. The van der Waals surface area contributed by atoms with Crippen LogP contribution in [0, 0.1) is 0 Å². The van der Waals surface area contributed by atoms with Crippen LogP contribution >= 0.6 is 0 Å². The summed E-state index contributed by atoms with van der Waals surface area (Å²) in [6.07, 6.45) is 7.70. The highest BCUT2D eigenvalue weighted by atomic mass is 15.2. The molecule has 0 unspecified atom stereocenters. The summed E-state index contributed by atoms with van der Waals surface area (Å²) in [7, 11) is 0. The second-order valence-corrected chi connectivity index (χ2v) is 5.82. The lowest BCUT2D eigenvalue weighted by Gasteiger charge is -2.26. The maximum atomic E-state index is 5.86. The molecule has 3 N–H and O–H groups in total. The Balaban J connectivity index is 2.08. The smallest absolute Gasteiger partial charge is 0.188 e. The van der Waals surface area contributed by atoms with Crippen molar-refractivity contribution in [3.05, 3.63) is 0 Å². The summed E-state index contributed by atoms with van der Waals surface area (Å²) < 4.78 is 0. The molecule has 0 heterocycles. The van der Waals surface area contributed by atoms with Gasteiger partial charge in [0.1, 0.15) is 0 Å². The second-order valence-electron chi connectivity index (χ2n) is 5.82. The highest BCUT2D eigenvalue weighted by Crippen LogP contribution is 2.27. The molecular formula is C15H32N4. The SMILES string of the molecule is CCCCCCN=C(N)NCCN(C(C)C)C1CC1. The Labute approximate surface area is 118 Å². The van der Waals surface area contributed by atoms with Crippen molar-refractivity contribution < 1.29 is 0 Å². The average Bonchev–Trinajstić information content (AvgIpc) is 3.18. The van der Waals surface area contributed by atoms with E-state index >= 15 is 0 Å². The van der Waals surface area contributed by atoms with Gasteiger partial charge in [0.05, 0.1) is 0 Å².